The Morgan fingerprint density at radius 3 is 2.60 bits per heavy atom. The number of ether oxygens (including phenoxy) is 1. The highest BCUT2D eigenvalue weighted by Gasteiger charge is 2.26. The number of hydrogen-bond donors (Lipinski definition) is 3. The summed E-state index contributed by atoms with van der Waals surface area (Å²) in [6, 6.07) is 3.00. The zero-order valence-electron chi connectivity index (χ0n) is 10.9. The monoisotopic (exact) mass is 285 g/mol. The summed E-state index contributed by atoms with van der Waals surface area (Å²) in [6.07, 6.45) is -3.64. The summed E-state index contributed by atoms with van der Waals surface area (Å²) in [5, 5.41) is 19.7. The van der Waals surface area contributed by atoms with Crippen molar-refractivity contribution in [1.29, 1.82) is 0 Å². The first kappa shape index (κ1) is 16.1. The lowest BCUT2D eigenvalue weighted by Crippen LogP contribution is -2.26. The number of aliphatic hydroxyl groups is 2. The van der Waals surface area contributed by atoms with Gasteiger partial charge in [-0.2, -0.15) is 0 Å². The molecule has 4 N–H and O–H groups in total. The average Bonchev–Trinajstić information content (AvgIpc) is 2.37. The largest absolute Gasteiger partial charge is 0.466 e. The normalized spacial score (nSPS) is 13.6. The minimum atomic E-state index is -1.63. The average molecular weight is 285 g/mol. The number of nitrogens with two attached hydrogens (primary N) is 1. The van der Waals surface area contributed by atoms with Crippen molar-refractivity contribution in [2.75, 3.05) is 6.61 Å². The summed E-state index contributed by atoms with van der Waals surface area (Å²) < 4.78 is 17.8. The van der Waals surface area contributed by atoms with Crippen molar-refractivity contribution in [2.24, 2.45) is 5.73 Å². The third-order valence-electron chi connectivity index (χ3n) is 2.64. The van der Waals surface area contributed by atoms with Crippen LogP contribution in [-0.2, 0) is 9.53 Å². The van der Waals surface area contributed by atoms with Gasteiger partial charge in [0.2, 0.25) is 5.91 Å². The highest BCUT2D eigenvalue weighted by atomic mass is 19.1. The first-order chi connectivity index (χ1) is 9.36. The molecule has 1 amide bonds. The molecule has 0 spiro atoms. The molecule has 110 valence electrons. The minimum absolute atomic E-state index is 0.123. The number of rotatable bonds is 6. The fraction of sp³-hybridized carbons (Fsp3) is 0.385. The molecule has 2 unspecified atom stereocenters. The Kier molecular flexibility index (Phi) is 5.60. The maximum atomic E-state index is 13.2. The molecule has 2 atom stereocenters. The molecular formula is C13H16FNO5. The van der Waals surface area contributed by atoms with Gasteiger partial charge in [0.15, 0.2) is 0 Å². The van der Waals surface area contributed by atoms with E-state index < -0.39 is 36.3 Å². The van der Waals surface area contributed by atoms with Crippen LogP contribution in [0.2, 0.25) is 0 Å². The molecule has 1 aromatic rings. The fourth-order valence-corrected chi connectivity index (χ4v) is 1.71. The lowest BCUT2D eigenvalue weighted by Gasteiger charge is -2.19. The van der Waals surface area contributed by atoms with Crippen LogP contribution in [0.15, 0.2) is 18.2 Å². The predicted molar refractivity (Wildman–Crippen MR) is 67.1 cm³/mol. The van der Waals surface area contributed by atoms with E-state index in [2.05, 4.69) is 4.74 Å². The van der Waals surface area contributed by atoms with E-state index in [1.807, 2.05) is 0 Å². The van der Waals surface area contributed by atoms with Gasteiger partial charge in [0.05, 0.1) is 19.1 Å². The second-order valence-corrected chi connectivity index (χ2v) is 4.12. The van der Waals surface area contributed by atoms with Crippen molar-refractivity contribution >= 4 is 11.9 Å². The third-order valence-corrected chi connectivity index (χ3v) is 2.64. The van der Waals surface area contributed by atoms with Crippen LogP contribution in [0.1, 0.15) is 35.4 Å². The fourth-order valence-electron chi connectivity index (χ4n) is 1.71. The van der Waals surface area contributed by atoms with Crippen LogP contribution >= 0.6 is 0 Å². The molecule has 1 rings (SSSR count). The highest BCUT2D eigenvalue weighted by Crippen LogP contribution is 2.24. The number of esters is 1. The van der Waals surface area contributed by atoms with E-state index in [0.29, 0.717) is 0 Å². The topological polar surface area (TPSA) is 110 Å². The van der Waals surface area contributed by atoms with Crippen LogP contribution < -0.4 is 5.73 Å². The van der Waals surface area contributed by atoms with Crippen molar-refractivity contribution in [1.82, 2.24) is 0 Å². The van der Waals surface area contributed by atoms with E-state index in [4.69, 9.17) is 5.73 Å². The van der Waals surface area contributed by atoms with Crippen molar-refractivity contribution in [3.8, 4) is 0 Å². The smallest absolute Gasteiger partial charge is 0.308 e. The van der Waals surface area contributed by atoms with Crippen molar-refractivity contribution in [2.45, 2.75) is 25.6 Å². The first-order valence-corrected chi connectivity index (χ1v) is 5.97. The van der Waals surface area contributed by atoms with Crippen molar-refractivity contribution in [3.63, 3.8) is 0 Å². The van der Waals surface area contributed by atoms with Gasteiger partial charge in [-0.1, -0.05) is 0 Å². The molecule has 0 radical (unpaired) electrons. The Bertz CT molecular complexity index is 506. The SMILES string of the molecule is CCOC(=O)CC(O)C(O)c1cc(F)ccc1C(N)=O. The van der Waals surface area contributed by atoms with Gasteiger partial charge in [-0.05, 0) is 30.7 Å². The Hall–Kier alpha value is -1.99. The van der Waals surface area contributed by atoms with Crippen LogP contribution in [0, 0.1) is 5.82 Å². The predicted octanol–water partition coefficient (Wildman–Crippen LogP) is 0.272. The van der Waals surface area contributed by atoms with Crippen LogP contribution in [-0.4, -0.2) is 34.8 Å². The quantitative estimate of drug-likeness (QED) is 0.650. The molecule has 0 heterocycles. The molecule has 0 fully saturated rings. The number of carbonyl (C=O) groups excluding carboxylic acids is 2. The van der Waals surface area contributed by atoms with Crippen molar-refractivity contribution in [3.05, 3.63) is 35.1 Å². The van der Waals surface area contributed by atoms with Gasteiger partial charge in [-0.3, -0.25) is 9.59 Å². The zero-order valence-corrected chi connectivity index (χ0v) is 10.9. The van der Waals surface area contributed by atoms with Crippen LogP contribution in [0.25, 0.3) is 0 Å². The lowest BCUT2D eigenvalue weighted by molar-refractivity contribution is -0.147. The van der Waals surface area contributed by atoms with Crippen molar-refractivity contribution < 1.29 is 28.9 Å². The lowest BCUT2D eigenvalue weighted by atomic mass is 9.96. The van der Waals surface area contributed by atoms with E-state index in [-0.39, 0.29) is 17.7 Å². The Labute approximate surface area is 115 Å². The van der Waals surface area contributed by atoms with Gasteiger partial charge in [-0.25, -0.2) is 4.39 Å². The molecule has 0 aromatic heterocycles. The molecular weight excluding hydrogens is 269 g/mol. The molecule has 0 aliphatic heterocycles. The van der Waals surface area contributed by atoms with Gasteiger partial charge in [0.25, 0.3) is 0 Å². The number of carbonyl (C=O) groups is 2. The first-order valence-electron chi connectivity index (χ1n) is 5.97. The van der Waals surface area contributed by atoms with E-state index in [0.717, 1.165) is 18.2 Å². The summed E-state index contributed by atoms with van der Waals surface area (Å²) in [5.41, 5.74) is 4.81. The molecule has 0 saturated carbocycles. The third kappa shape index (κ3) is 4.01. The molecule has 0 bridgehead atoms. The van der Waals surface area contributed by atoms with E-state index in [9.17, 15) is 24.2 Å². The summed E-state index contributed by atoms with van der Waals surface area (Å²) in [4.78, 5) is 22.4. The van der Waals surface area contributed by atoms with Gasteiger partial charge in [-0.15, -0.1) is 0 Å². The maximum Gasteiger partial charge on any atom is 0.308 e. The van der Waals surface area contributed by atoms with E-state index >= 15 is 0 Å². The summed E-state index contributed by atoms with van der Waals surface area (Å²) in [7, 11) is 0. The number of hydrogen-bond acceptors (Lipinski definition) is 5. The molecule has 6 nitrogen and oxygen atoms in total. The summed E-state index contributed by atoms with van der Waals surface area (Å²) >= 11 is 0. The standard InChI is InChI=1S/C13H16FNO5/c1-2-20-11(17)6-10(16)12(18)9-5-7(14)3-4-8(9)13(15)19/h3-5,10,12,16,18H,2,6H2,1H3,(H2,15,19). The van der Waals surface area contributed by atoms with Crippen LogP contribution in [0.5, 0.6) is 0 Å². The summed E-state index contributed by atoms with van der Waals surface area (Å²) in [6.45, 7) is 1.73. The van der Waals surface area contributed by atoms with Crippen LogP contribution in [0.4, 0.5) is 4.39 Å². The van der Waals surface area contributed by atoms with Crippen LogP contribution in [0.3, 0.4) is 0 Å². The Morgan fingerprint density at radius 2 is 2.05 bits per heavy atom. The number of halogens is 1. The summed E-state index contributed by atoms with van der Waals surface area (Å²) in [5.74, 6) is -2.29. The second kappa shape index (κ2) is 6.97. The van der Waals surface area contributed by atoms with E-state index in [1.165, 1.54) is 0 Å². The molecule has 1 aromatic carbocycles. The molecule has 0 aliphatic carbocycles. The highest BCUT2D eigenvalue weighted by molar-refractivity contribution is 5.94. The molecule has 0 aliphatic rings. The van der Waals surface area contributed by atoms with Gasteiger partial charge in [0.1, 0.15) is 11.9 Å². The number of benzene rings is 1. The molecule has 0 saturated heterocycles. The Balaban J connectivity index is 2.95. The van der Waals surface area contributed by atoms with Gasteiger partial charge >= 0.3 is 5.97 Å². The zero-order chi connectivity index (χ0) is 15.3. The number of amides is 1. The maximum absolute atomic E-state index is 13.2. The number of aliphatic hydroxyl groups excluding tert-OH is 2. The molecule has 20 heavy (non-hydrogen) atoms. The Morgan fingerprint density at radius 1 is 1.40 bits per heavy atom. The van der Waals surface area contributed by atoms with Gasteiger partial charge in [0, 0.05) is 5.56 Å². The second-order valence-electron chi connectivity index (χ2n) is 4.12. The molecule has 7 heteroatoms. The minimum Gasteiger partial charge on any atom is -0.466 e. The number of primary amides is 1. The van der Waals surface area contributed by atoms with Gasteiger partial charge < -0.3 is 20.7 Å². The van der Waals surface area contributed by atoms with E-state index in [1.54, 1.807) is 6.92 Å².